The number of hydrogen-bond donors (Lipinski definition) is 3. The number of hydrogen-bond acceptors (Lipinski definition) is 9. The molecule has 0 heterocycles. The Bertz CT molecular complexity index is 1200. The molecule has 0 bridgehead atoms. The molecular formula is C45H78N4O8. The van der Waals surface area contributed by atoms with Gasteiger partial charge in [0.15, 0.2) is 12.1 Å². The van der Waals surface area contributed by atoms with Crippen LogP contribution in [-0.2, 0) is 39.9 Å². The maximum absolute atomic E-state index is 13.3. The topological polar surface area (TPSA) is 182 Å². The van der Waals surface area contributed by atoms with Crippen molar-refractivity contribution in [1.82, 2.24) is 5.32 Å². The zero-order valence-electron chi connectivity index (χ0n) is 35.6. The Hall–Kier alpha value is -3.83. The van der Waals surface area contributed by atoms with Gasteiger partial charge in [-0.2, -0.15) is 0 Å². The fourth-order valence-electron chi connectivity index (χ4n) is 6.42. The van der Waals surface area contributed by atoms with Crippen LogP contribution in [0.25, 0.3) is 0 Å². The van der Waals surface area contributed by atoms with Crippen LogP contribution in [0.2, 0.25) is 0 Å². The minimum atomic E-state index is -1.08. The molecule has 0 aliphatic carbocycles. The van der Waals surface area contributed by atoms with Crippen molar-refractivity contribution in [3.8, 4) is 0 Å². The number of carbonyl (C=O) groups excluding carboxylic acids is 4. The van der Waals surface area contributed by atoms with Crippen molar-refractivity contribution in [2.75, 3.05) is 19.8 Å². The molecule has 0 spiro atoms. The van der Waals surface area contributed by atoms with Gasteiger partial charge in [-0.25, -0.2) is 9.59 Å². The maximum Gasteiger partial charge on any atom is 0.408 e. The number of unbranched alkanes of at least 4 members (excludes halogenated alkanes) is 20. The van der Waals surface area contributed by atoms with Crippen molar-refractivity contribution >= 4 is 30.0 Å². The fraction of sp³-hybridized carbons (Fsp3) is 0.756. The molecule has 1 aromatic carbocycles. The molecule has 0 aliphatic heterocycles. The number of carbonyl (C=O) groups is 4. The van der Waals surface area contributed by atoms with E-state index in [2.05, 4.69) is 24.2 Å². The average Bonchev–Trinajstić information content (AvgIpc) is 3.20. The Morgan fingerprint density at radius 2 is 1.07 bits per heavy atom. The highest BCUT2D eigenvalue weighted by atomic mass is 16.6. The lowest BCUT2D eigenvalue weighted by Crippen LogP contribution is -2.43. The standard InChI is InChI=1S/C45H78N4O8/c1-3-5-7-9-11-13-15-17-19-21-26-32-41(50)54-36-39(57-42(51)33-27-22-20-18-16-14-12-10-8-6-4-2)37-55-43(52)40(31-28-34-48-44(46)47)49-45(53)56-35-38-29-24-23-25-30-38/h23-25,29-30,39-40H,3-22,26-28,31-37H2,1-2H3,(H,49,53)(H4,46,47,48)/t39-,40-/m0/s1. The molecule has 1 amide bonds. The summed E-state index contributed by atoms with van der Waals surface area (Å²) in [6.45, 7) is 4.13. The molecule has 0 saturated carbocycles. The highest BCUT2D eigenvalue weighted by Gasteiger charge is 2.26. The summed E-state index contributed by atoms with van der Waals surface area (Å²) < 4.78 is 22.1. The molecule has 0 saturated heterocycles. The largest absolute Gasteiger partial charge is 0.462 e. The van der Waals surface area contributed by atoms with Gasteiger partial charge in [0.05, 0.1) is 0 Å². The smallest absolute Gasteiger partial charge is 0.408 e. The molecular weight excluding hydrogens is 725 g/mol. The number of nitrogens with zero attached hydrogens (tertiary/aromatic N) is 1. The van der Waals surface area contributed by atoms with E-state index in [-0.39, 0.29) is 57.6 Å². The van der Waals surface area contributed by atoms with Gasteiger partial charge in [-0.3, -0.25) is 14.6 Å². The summed E-state index contributed by atoms with van der Waals surface area (Å²) in [4.78, 5) is 55.4. The molecule has 326 valence electrons. The van der Waals surface area contributed by atoms with E-state index in [4.69, 9.17) is 30.4 Å². The number of esters is 3. The Morgan fingerprint density at radius 1 is 0.596 bits per heavy atom. The number of amides is 1. The number of guanidine groups is 1. The number of nitrogens with one attached hydrogen (secondary N) is 1. The lowest BCUT2D eigenvalue weighted by Gasteiger charge is -2.21. The van der Waals surface area contributed by atoms with Gasteiger partial charge >= 0.3 is 24.0 Å². The molecule has 0 aliphatic rings. The maximum atomic E-state index is 13.3. The number of aliphatic imine (C=N–C) groups is 1. The molecule has 5 N–H and O–H groups in total. The number of rotatable bonds is 37. The summed E-state index contributed by atoms with van der Waals surface area (Å²) in [5.74, 6) is -1.66. The van der Waals surface area contributed by atoms with Crippen molar-refractivity contribution in [2.24, 2.45) is 16.5 Å². The molecule has 1 rings (SSSR count). The van der Waals surface area contributed by atoms with Gasteiger partial charge < -0.3 is 35.7 Å². The van der Waals surface area contributed by atoms with E-state index in [0.717, 1.165) is 44.1 Å². The van der Waals surface area contributed by atoms with E-state index >= 15 is 0 Å². The van der Waals surface area contributed by atoms with Gasteiger partial charge in [0.2, 0.25) is 0 Å². The molecule has 12 heteroatoms. The summed E-state index contributed by atoms with van der Waals surface area (Å²) in [5.41, 5.74) is 11.7. The van der Waals surface area contributed by atoms with Crippen LogP contribution in [0.4, 0.5) is 4.79 Å². The number of benzene rings is 1. The van der Waals surface area contributed by atoms with Crippen LogP contribution in [0.5, 0.6) is 0 Å². The second-order valence-corrected chi connectivity index (χ2v) is 15.2. The SMILES string of the molecule is CCCCCCCCCCCCCC(=O)OC[C@@H](COC(=O)[C@H](CCCN=C(N)N)NC(=O)OCc1ccccc1)OC(=O)CCCCCCCCCCCCC. The highest BCUT2D eigenvalue weighted by Crippen LogP contribution is 2.15. The van der Waals surface area contributed by atoms with E-state index in [1.807, 2.05) is 30.3 Å². The third-order valence-corrected chi connectivity index (χ3v) is 9.84. The zero-order valence-corrected chi connectivity index (χ0v) is 35.6. The summed E-state index contributed by atoms with van der Waals surface area (Å²) >= 11 is 0. The zero-order chi connectivity index (χ0) is 41.6. The van der Waals surface area contributed by atoms with Crippen LogP contribution in [0, 0.1) is 0 Å². The first-order valence-corrected chi connectivity index (χ1v) is 22.3. The van der Waals surface area contributed by atoms with E-state index < -0.39 is 30.2 Å². The van der Waals surface area contributed by atoms with E-state index in [9.17, 15) is 19.2 Å². The Kier molecular flexibility index (Phi) is 32.8. The minimum absolute atomic E-state index is 0.0180. The van der Waals surface area contributed by atoms with Crippen molar-refractivity contribution in [2.45, 2.75) is 200 Å². The Balaban J connectivity index is 2.66. The molecule has 12 nitrogen and oxygen atoms in total. The lowest BCUT2D eigenvalue weighted by atomic mass is 10.1. The van der Waals surface area contributed by atoms with Gasteiger partial charge in [0, 0.05) is 19.4 Å². The number of alkyl carbamates (subject to hydrolysis) is 1. The van der Waals surface area contributed by atoms with Gasteiger partial charge in [-0.1, -0.05) is 173 Å². The first-order chi connectivity index (χ1) is 27.7. The van der Waals surface area contributed by atoms with Crippen molar-refractivity contribution in [3.05, 3.63) is 35.9 Å². The monoisotopic (exact) mass is 803 g/mol. The second kappa shape index (κ2) is 36.5. The van der Waals surface area contributed by atoms with Crippen LogP contribution in [0.3, 0.4) is 0 Å². The summed E-state index contributed by atoms with van der Waals surface area (Å²) in [6, 6.07) is 8.07. The molecule has 57 heavy (non-hydrogen) atoms. The van der Waals surface area contributed by atoms with Crippen LogP contribution >= 0.6 is 0 Å². The van der Waals surface area contributed by atoms with E-state index in [1.54, 1.807) is 0 Å². The van der Waals surface area contributed by atoms with Gasteiger partial charge in [0.1, 0.15) is 25.9 Å². The molecule has 0 unspecified atom stereocenters. The summed E-state index contributed by atoms with van der Waals surface area (Å²) in [5, 5.41) is 2.57. The van der Waals surface area contributed by atoms with Crippen molar-refractivity contribution < 1.29 is 38.1 Å². The first kappa shape index (κ1) is 51.2. The van der Waals surface area contributed by atoms with Crippen LogP contribution in [0.1, 0.15) is 186 Å². The fourth-order valence-corrected chi connectivity index (χ4v) is 6.42. The Morgan fingerprint density at radius 3 is 1.58 bits per heavy atom. The molecule has 0 fully saturated rings. The Labute approximate surface area is 344 Å². The highest BCUT2D eigenvalue weighted by molar-refractivity contribution is 5.81. The molecule has 1 aromatic rings. The quantitative estimate of drug-likeness (QED) is 0.0193. The molecule has 0 radical (unpaired) electrons. The third-order valence-electron chi connectivity index (χ3n) is 9.84. The molecule has 2 atom stereocenters. The van der Waals surface area contributed by atoms with Crippen molar-refractivity contribution in [3.63, 3.8) is 0 Å². The predicted molar refractivity (Wildman–Crippen MR) is 227 cm³/mol. The third kappa shape index (κ3) is 31.9. The van der Waals surface area contributed by atoms with Crippen LogP contribution < -0.4 is 16.8 Å². The number of nitrogens with two attached hydrogens (primary N) is 2. The van der Waals surface area contributed by atoms with Gasteiger partial charge in [-0.15, -0.1) is 0 Å². The summed E-state index contributed by atoms with van der Waals surface area (Å²) in [6.07, 6.45) is 24.9. The van der Waals surface area contributed by atoms with E-state index in [1.165, 1.54) is 96.3 Å². The van der Waals surface area contributed by atoms with Crippen LogP contribution in [0.15, 0.2) is 35.3 Å². The van der Waals surface area contributed by atoms with E-state index in [0.29, 0.717) is 12.8 Å². The second-order valence-electron chi connectivity index (χ2n) is 15.2. The van der Waals surface area contributed by atoms with Crippen molar-refractivity contribution in [1.29, 1.82) is 0 Å². The minimum Gasteiger partial charge on any atom is -0.462 e. The van der Waals surface area contributed by atoms with Crippen LogP contribution in [-0.4, -0.2) is 61.9 Å². The first-order valence-electron chi connectivity index (χ1n) is 22.3. The number of ether oxygens (including phenoxy) is 4. The summed E-state index contributed by atoms with van der Waals surface area (Å²) in [7, 11) is 0. The molecule has 0 aromatic heterocycles. The van der Waals surface area contributed by atoms with Gasteiger partial charge in [-0.05, 0) is 31.2 Å². The normalized spacial score (nSPS) is 12.0. The lowest BCUT2D eigenvalue weighted by molar-refractivity contribution is -0.167. The predicted octanol–water partition coefficient (Wildman–Crippen LogP) is 9.74. The van der Waals surface area contributed by atoms with Gasteiger partial charge in [0.25, 0.3) is 0 Å². The average molecular weight is 803 g/mol.